The van der Waals surface area contributed by atoms with Crippen LogP contribution >= 0.6 is 0 Å². The summed E-state index contributed by atoms with van der Waals surface area (Å²) < 4.78 is 1.88. The summed E-state index contributed by atoms with van der Waals surface area (Å²) in [7, 11) is 0. The second-order valence-corrected chi connectivity index (χ2v) is 6.16. The van der Waals surface area contributed by atoms with E-state index in [0.717, 1.165) is 44.7 Å². The molecule has 1 N–H and O–H groups in total. The first-order valence-corrected chi connectivity index (χ1v) is 7.59. The van der Waals surface area contributed by atoms with Gasteiger partial charge in [-0.05, 0) is 38.4 Å². The zero-order chi connectivity index (χ0) is 14.9. The fraction of sp³-hybridized carbons (Fsp3) is 0.688. The summed E-state index contributed by atoms with van der Waals surface area (Å²) in [4.78, 5) is 15.0. The van der Waals surface area contributed by atoms with Crippen LogP contribution in [0.25, 0.3) is 0 Å². The molecule has 1 aliphatic rings. The number of aliphatic hydroxyl groups is 1. The molecule has 2 rings (SSSR count). The topological polar surface area (TPSA) is 45.5 Å². The molecule has 2 heterocycles. The summed E-state index contributed by atoms with van der Waals surface area (Å²) in [6.45, 7) is 11.2. The number of fused-ring (bicyclic) bond motifs is 1. The molecule has 0 amide bonds. The van der Waals surface area contributed by atoms with Gasteiger partial charge in [0, 0.05) is 37.3 Å². The third kappa shape index (κ3) is 2.81. The molecule has 0 unspecified atom stereocenters. The van der Waals surface area contributed by atoms with Gasteiger partial charge in [0.15, 0.2) is 0 Å². The fourth-order valence-electron chi connectivity index (χ4n) is 2.95. The van der Waals surface area contributed by atoms with Crippen molar-refractivity contribution in [2.45, 2.75) is 59.2 Å². The van der Waals surface area contributed by atoms with E-state index in [9.17, 15) is 9.90 Å². The molecule has 0 radical (unpaired) electrons. The Morgan fingerprint density at radius 3 is 2.60 bits per heavy atom. The number of hydrogen-bond donors (Lipinski definition) is 1. The minimum absolute atomic E-state index is 0.0250. The minimum atomic E-state index is -1.09. The largest absolute Gasteiger partial charge is 0.386 e. The summed E-state index contributed by atoms with van der Waals surface area (Å²) in [5, 5.41) is 10.3. The molecule has 1 aliphatic heterocycles. The monoisotopic (exact) mass is 278 g/mol. The Bertz CT molecular complexity index is 541. The SMILES string of the molecule is CCCn1c2c(cc(C(C)(C)O)c1=O)CN(CC)CC2. The molecule has 4 heteroatoms. The van der Waals surface area contributed by atoms with Crippen LogP contribution in [-0.2, 0) is 25.1 Å². The van der Waals surface area contributed by atoms with Crippen LogP contribution in [0.1, 0.15) is 50.9 Å². The molecular formula is C16H26N2O2. The van der Waals surface area contributed by atoms with Crippen LogP contribution in [0.5, 0.6) is 0 Å². The number of nitrogens with zero attached hydrogens (tertiary/aromatic N) is 2. The molecule has 0 aliphatic carbocycles. The maximum absolute atomic E-state index is 12.6. The van der Waals surface area contributed by atoms with Gasteiger partial charge in [-0.1, -0.05) is 13.8 Å². The van der Waals surface area contributed by atoms with Crippen LogP contribution in [0.15, 0.2) is 10.9 Å². The van der Waals surface area contributed by atoms with Gasteiger partial charge in [-0.25, -0.2) is 0 Å². The van der Waals surface area contributed by atoms with E-state index in [4.69, 9.17) is 0 Å². The number of likely N-dealkylation sites (N-methyl/N-ethyl adjacent to an activating group) is 1. The molecule has 20 heavy (non-hydrogen) atoms. The van der Waals surface area contributed by atoms with Gasteiger partial charge in [-0.2, -0.15) is 0 Å². The maximum Gasteiger partial charge on any atom is 0.256 e. The van der Waals surface area contributed by atoms with Gasteiger partial charge in [0.05, 0.1) is 5.60 Å². The maximum atomic E-state index is 12.6. The van der Waals surface area contributed by atoms with Crippen molar-refractivity contribution in [3.63, 3.8) is 0 Å². The lowest BCUT2D eigenvalue weighted by molar-refractivity contribution is 0.0760. The fourth-order valence-corrected chi connectivity index (χ4v) is 2.95. The predicted molar refractivity (Wildman–Crippen MR) is 80.9 cm³/mol. The lowest BCUT2D eigenvalue weighted by atomic mass is 9.94. The Balaban J connectivity index is 2.59. The third-order valence-electron chi connectivity index (χ3n) is 4.10. The number of hydrogen-bond acceptors (Lipinski definition) is 3. The summed E-state index contributed by atoms with van der Waals surface area (Å²) in [6.07, 6.45) is 1.85. The lowest BCUT2D eigenvalue weighted by Gasteiger charge is -2.31. The van der Waals surface area contributed by atoms with E-state index in [1.807, 2.05) is 10.6 Å². The van der Waals surface area contributed by atoms with Crippen molar-refractivity contribution in [2.24, 2.45) is 0 Å². The molecule has 0 bridgehead atoms. The highest BCUT2D eigenvalue weighted by atomic mass is 16.3. The average molecular weight is 278 g/mol. The van der Waals surface area contributed by atoms with Crippen molar-refractivity contribution < 1.29 is 5.11 Å². The van der Waals surface area contributed by atoms with E-state index < -0.39 is 5.60 Å². The van der Waals surface area contributed by atoms with E-state index in [1.165, 1.54) is 5.56 Å². The van der Waals surface area contributed by atoms with Crippen molar-refractivity contribution in [3.05, 3.63) is 33.2 Å². The van der Waals surface area contributed by atoms with Crippen molar-refractivity contribution in [2.75, 3.05) is 13.1 Å². The van der Waals surface area contributed by atoms with Crippen LogP contribution < -0.4 is 5.56 Å². The van der Waals surface area contributed by atoms with E-state index >= 15 is 0 Å². The van der Waals surface area contributed by atoms with E-state index in [2.05, 4.69) is 18.7 Å². The molecule has 112 valence electrons. The molecule has 1 aromatic heterocycles. The second kappa shape index (κ2) is 5.70. The van der Waals surface area contributed by atoms with E-state index in [1.54, 1.807) is 13.8 Å². The molecule has 0 spiro atoms. The van der Waals surface area contributed by atoms with Crippen molar-refractivity contribution >= 4 is 0 Å². The highest BCUT2D eigenvalue weighted by molar-refractivity contribution is 5.31. The quantitative estimate of drug-likeness (QED) is 0.914. The molecule has 0 saturated heterocycles. The first-order chi connectivity index (χ1) is 9.38. The van der Waals surface area contributed by atoms with Crippen LogP contribution in [-0.4, -0.2) is 27.7 Å². The molecule has 1 aromatic rings. The molecule has 0 saturated carbocycles. The second-order valence-electron chi connectivity index (χ2n) is 6.16. The summed E-state index contributed by atoms with van der Waals surface area (Å²) in [6, 6.07) is 1.92. The van der Waals surface area contributed by atoms with Crippen molar-refractivity contribution in [1.82, 2.24) is 9.47 Å². The lowest BCUT2D eigenvalue weighted by Crippen LogP contribution is -2.39. The van der Waals surface area contributed by atoms with Gasteiger partial charge in [0.1, 0.15) is 0 Å². The van der Waals surface area contributed by atoms with Crippen molar-refractivity contribution in [3.8, 4) is 0 Å². The van der Waals surface area contributed by atoms with Gasteiger partial charge in [0.2, 0.25) is 0 Å². The smallest absolute Gasteiger partial charge is 0.256 e. The molecule has 0 aromatic carbocycles. The zero-order valence-corrected chi connectivity index (χ0v) is 13.1. The highest BCUT2D eigenvalue weighted by Crippen LogP contribution is 2.23. The number of aromatic nitrogens is 1. The standard InChI is InChI=1S/C16H26N2O2/c1-5-8-18-14-7-9-17(6-2)11-12(14)10-13(15(18)19)16(3,4)20/h10,20H,5-9,11H2,1-4H3. The van der Waals surface area contributed by atoms with Crippen LogP contribution in [0, 0.1) is 0 Å². The predicted octanol–water partition coefficient (Wildman–Crippen LogP) is 1.86. The minimum Gasteiger partial charge on any atom is -0.386 e. The Labute approximate surface area is 121 Å². The van der Waals surface area contributed by atoms with Crippen LogP contribution in [0.4, 0.5) is 0 Å². The van der Waals surface area contributed by atoms with E-state index in [-0.39, 0.29) is 5.56 Å². The highest BCUT2D eigenvalue weighted by Gasteiger charge is 2.26. The summed E-state index contributed by atoms with van der Waals surface area (Å²) in [5.74, 6) is 0. The molecule has 0 atom stereocenters. The Kier molecular flexibility index (Phi) is 4.35. The van der Waals surface area contributed by atoms with Gasteiger partial charge >= 0.3 is 0 Å². The molecule has 4 nitrogen and oxygen atoms in total. The number of rotatable bonds is 4. The van der Waals surface area contributed by atoms with Gasteiger partial charge in [-0.3, -0.25) is 9.69 Å². The first kappa shape index (κ1) is 15.3. The van der Waals surface area contributed by atoms with Crippen LogP contribution in [0.3, 0.4) is 0 Å². The normalized spacial score (nSPS) is 16.2. The van der Waals surface area contributed by atoms with Crippen LogP contribution in [0.2, 0.25) is 0 Å². The Hall–Kier alpha value is -1.13. The average Bonchev–Trinajstić information content (AvgIpc) is 2.39. The molecule has 0 fully saturated rings. The summed E-state index contributed by atoms with van der Waals surface area (Å²) >= 11 is 0. The third-order valence-corrected chi connectivity index (χ3v) is 4.10. The zero-order valence-electron chi connectivity index (χ0n) is 13.1. The summed E-state index contributed by atoms with van der Waals surface area (Å²) in [5.41, 5.74) is 1.76. The van der Waals surface area contributed by atoms with Crippen molar-refractivity contribution in [1.29, 1.82) is 0 Å². The first-order valence-electron chi connectivity index (χ1n) is 7.59. The van der Waals surface area contributed by atoms with E-state index in [0.29, 0.717) is 5.56 Å². The van der Waals surface area contributed by atoms with Gasteiger partial charge in [0.25, 0.3) is 5.56 Å². The van der Waals surface area contributed by atoms with Gasteiger partial charge in [-0.15, -0.1) is 0 Å². The molecular weight excluding hydrogens is 252 g/mol. The Morgan fingerprint density at radius 2 is 2.05 bits per heavy atom. The number of pyridine rings is 1. The Morgan fingerprint density at radius 1 is 1.35 bits per heavy atom. The van der Waals surface area contributed by atoms with Gasteiger partial charge < -0.3 is 9.67 Å².